The van der Waals surface area contributed by atoms with Crippen molar-refractivity contribution in [3.05, 3.63) is 0 Å². The van der Waals surface area contributed by atoms with Gasteiger partial charge < -0.3 is 5.32 Å². The maximum absolute atomic E-state index is 10.1. The normalized spacial score (nSPS) is 11.7. The minimum atomic E-state index is -1.21. The van der Waals surface area contributed by atoms with Gasteiger partial charge in [-0.25, -0.2) is 9.90 Å². The van der Waals surface area contributed by atoms with Gasteiger partial charge in [-0.3, -0.25) is 0 Å². The molecule has 0 aliphatic carbocycles. The first kappa shape index (κ1) is 9.27. The SMILES string of the molecule is CC(C)C(C)(C)NC([O])=O. The topological polar surface area (TPSA) is 49.0 Å². The van der Waals surface area contributed by atoms with E-state index in [4.69, 9.17) is 0 Å². The highest BCUT2D eigenvalue weighted by Crippen LogP contribution is 2.14. The summed E-state index contributed by atoms with van der Waals surface area (Å²) >= 11 is 0. The molecule has 0 aromatic heterocycles. The predicted molar refractivity (Wildman–Crippen MR) is 38.1 cm³/mol. The molecule has 0 heterocycles. The zero-order valence-corrected chi connectivity index (χ0v) is 6.89. The molecule has 0 bridgehead atoms. The Morgan fingerprint density at radius 2 is 1.80 bits per heavy atom. The Labute approximate surface area is 61.4 Å². The van der Waals surface area contributed by atoms with Crippen molar-refractivity contribution in [1.29, 1.82) is 0 Å². The van der Waals surface area contributed by atoms with Crippen molar-refractivity contribution in [2.45, 2.75) is 33.2 Å². The Bertz CT molecular complexity index is 130. The monoisotopic (exact) mass is 144 g/mol. The fourth-order valence-corrected chi connectivity index (χ4v) is 0.407. The molecule has 3 heteroatoms. The minimum absolute atomic E-state index is 0.269. The highest BCUT2D eigenvalue weighted by Gasteiger charge is 2.24. The number of amides is 1. The van der Waals surface area contributed by atoms with Crippen LogP contribution in [-0.4, -0.2) is 11.6 Å². The summed E-state index contributed by atoms with van der Waals surface area (Å²) in [6.07, 6.45) is -1.21. The van der Waals surface area contributed by atoms with Gasteiger partial charge in [0, 0.05) is 5.54 Å². The molecule has 1 radical (unpaired) electrons. The van der Waals surface area contributed by atoms with Gasteiger partial charge in [-0.05, 0) is 19.8 Å². The number of carbonyl (C=O) groups excluding carboxylic acids is 1. The lowest BCUT2D eigenvalue weighted by atomic mass is 9.91. The number of nitrogens with one attached hydrogen (secondary N) is 1. The quantitative estimate of drug-likeness (QED) is 0.628. The Morgan fingerprint density at radius 3 is 1.90 bits per heavy atom. The third kappa shape index (κ3) is 2.71. The van der Waals surface area contributed by atoms with E-state index in [2.05, 4.69) is 5.32 Å². The molecule has 0 fully saturated rings. The summed E-state index contributed by atoms with van der Waals surface area (Å²) in [7, 11) is 0. The van der Waals surface area contributed by atoms with E-state index in [1.807, 2.05) is 27.7 Å². The van der Waals surface area contributed by atoms with Crippen molar-refractivity contribution in [2.24, 2.45) is 5.92 Å². The molecule has 0 saturated carbocycles. The van der Waals surface area contributed by atoms with Crippen LogP contribution in [-0.2, 0) is 5.11 Å². The highest BCUT2D eigenvalue weighted by atomic mass is 16.4. The van der Waals surface area contributed by atoms with Crippen molar-refractivity contribution in [3.63, 3.8) is 0 Å². The molecule has 0 aliphatic heterocycles. The lowest BCUT2D eigenvalue weighted by Crippen LogP contribution is -2.46. The molecular formula is C7H14NO2. The van der Waals surface area contributed by atoms with E-state index in [0.717, 1.165) is 0 Å². The van der Waals surface area contributed by atoms with Gasteiger partial charge >= 0.3 is 6.09 Å². The van der Waals surface area contributed by atoms with E-state index >= 15 is 0 Å². The molecule has 1 amide bonds. The summed E-state index contributed by atoms with van der Waals surface area (Å²) in [4.78, 5) is 10.1. The second kappa shape index (κ2) is 2.90. The molecule has 0 aromatic rings. The smallest absolute Gasteiger partial charge is 0.313 e. The molecule has 0 spiro atoms. The summed E-state index contributed by atoms with van der Waals surface area (Å²) in [5.74, 6) is 0.269. The van der Waals surface area contributed by atoms with Gasteiger partial charge in [0.1, 0.15) is 0 Å². The van der Waals surface area contributed by atoms with Crippen LogP contribution in [0.3, 0.4) is 0 Å². The minimum Gasteiger partial charge on any atom is -0.313 e. The Hall–Kier alpha value is -0.730. The first-order valence-electron chi connectivity index (χ1n) is 3.35. The van der Waals surface area contributed by atoms with Crippen LogP contribution < -0.4 is 5.32 Å². The van der Waals surface area contributed by atoms with Crippen molar-refractivity contribution >= 4 is 6.09 Å². The summed E-state index contributed by atoms with van der Waals surface area (Å²) in [6.45, 7) is 7.56. The molecule has 0 unspecified atom stereocenters. The summed E-state index contributed by atoms with van der Waals surface area (Å²) in [5, 5.41) is 12.4. The third-order valence-corrected chi connectivity index (χ3v) is 1.87. The maximum atomic E-state index is 10.1. The molecule has 59 valence electrons. The molecular weight excluding hydrogens is 130 g/mol. The zero-order chi connectivity index (χ0) is 8.36. The van der Waals surface area contributed by atoms with Crippen molar-refractivity contribution in [3.8, 4) is 0 Å². The molecule has 0 aliphatic rings. The fourth-order valence-electron chi connectivity index (χ4n) is 0.407. The molecule has 0 saturated heterocycles. The molecule has 3 nitrogen and oxygen atoms in total. The summed E-state index contributed by atoms with van der Waals surface area (Å²) in [5.41, 5.74) is -0.390. The van der Waals surface area contributed by atoms with Gasteiger partial charge in [0.25, 0.3) is 0 Å². The molecule has 0 aromatic carbocycles. The van der Waals surface area contributed by atoms with Gasteiger partial charge in [-0.15, -0.1) is 0 Å². The van der Waals surface area contributed by atoms with Gasteiger partial charge in [-0.2, -0.15) is 0 Å². The van der Waals surface area contributed by atoms with Gasteiger partial charge in [0.05, 0.1) is 0 Å². The van der Waals surface area contributed by atoms with E-state index in [9.17, 15) is 9.90 Å². The van der Waals surface area contributed by atoms with Crippen LogP contribution in [0.4, 0.5) is 4.79 Å². The third-order valence-electron chi connectivity index (χ3n) is 1.87. The average Bonchev–Trinajstić information content (AvgIpc) is 1.60. The summed E-state index contributed by atoms with van der Waals surface area (Å²) in [6, 6.07) is 0. The van der Waals surface area contributed by atoms with Crippen LogP contribution in [0.25, 0.3) is 0 Å². The van der Waals surface area contributed by atoms with Crippen LogP contribution in [0.1, 0.15) is 27.7 Å². The van der Waals surface area contributed by atoms with E-state index in [-0.39, 0.29) is 5.92 Å². The molecule has 10 heavy (non-hydrogen) atoms. The standard InChI is InChI=1S/C7H14NO2/c1-5(2)7(3,4)8-6(9)10/h5,8H,1-4H3. The van der Waals surface area contributed by atoms with Crippen molar-refractivity contribution < 1.29 is 9.90 Å². The van der Waals surface area contributed by atoms with Crippen molar-refractivity contribution in [1.82, 2.24) is 5.32 Å². The number of hydrogen-bond acceptors (Lipinski definition) is 1. The zero-order valence-electron chi connectivity index (χ0n) is 6.89. The fraction of sp³-hybridized carbons (Fsp3) is 0.857. The van der Waals surface area contributed by atoms with Gasteiger partial charge in [0.15, 0.2) is 0 Å². The van der Waals surface area contributed by atoms with Crippen LogP contribution >= 0.6 is 0 Å². The maximum Gasteiger partial charge on any atom is 0.451 e. The lowest BCUT2D eigenvalue weighted by Gasteiger charge is -2.28. The second-order valence-electron chi connectivity index (χ2n) is 3.29. The van der Waals surface area contributed by atoms with Crippen LogP contribution in [0.5, 0.6) is 0 Å². The number of rotatable bonds is 2. The first-order chi connectivity index (χ1) is 4.36. The average molecular weight is 144 g/mol. The Kier molecular flexibility index (Phi) is 2.69. The van der Waals surface area contributed by atoms with Crippen LogP contribution in [0.15, 0.2) is 0 Å². The largest absolute Gasteiger partial charge is 0.451 e. The van der Waals surface area contributed by atoms with Crippen LogP contribution in [0.2, 0.25) is 0 Å². The molecule has 0 rings (SSSR count). The predicted octanol–water partition coefficient (Wildman–Crippen LogP) is 1.56. The van der Waals surface area contributed by atoms with E-state index in [0.29, 0.717) is 0 Å². The van der Waals surface area contributed by atoms with Gasteiger partial charge in [-0.1, -0.05) is 13.8 Å². The van der Waals surface area contributed by atoms with E-state index in [1.54, 1.807) is 0 Å². The van der Waals surface area contributed by atoms with E-state index < -0.39 is 11.6 Å². The lowest BCUT2D eigenvalue weighted by molar-refractivity contribution is 0.148. The molecule has 1 N–H and O–H groups in total. The van der Waals surface area contributed by atoms with Crippen LogP contribution in [0, 0.1) is 5.92 Å². The first-order valence-corrected chi connectivity index (χ1v) is 3.35. The Morgan fingerprint density at radius 1 is 1.40 bits per heavy atom. The summed E-state index contributed by atoms with van der Waals surface area (Å²) < 4.78 is 0. The van der Waals surface area contributed by atoms with Gasteiger partial charge in [0.2, 0.25) is 0 Å². The second-order valence-corrected chi connectivity index (χ2v) is 3.29. The van der Waals surface area contributed by atoms with E-state index in [1.165, 1.54) is 0 Å². The Balaban J connectivity index is 3.99. The molecule has 0 atom stereocenters. The highest BCUT2D eigenvalue weighted by molar-refractivity contribution is 5.65. The number of carbonyl (C=O) groups is 1. The number of hydrogen-bond donors (Lipinski definition) is 1. The van der Waals surface area contributed by atoms with Crippen molar-refractivity contribution in [2.75, 3.05) is 0 Å².